The van der Waals surface area contributed by atoms with Gasteiger partial charge in [-0.05, 0) is 30.2 Å². The van der Waals surface area contributed by atoms with Gasteiger partial charge < -0.3 is 10.0 Å². The first kappa shape index (κ1) is 11.9. The van der Waals surface area contributed by atoms with Crippen LogP contribution in [-0.4, -0.2) is 32.6 Å². The minimum absolute atomic E-state index is 0.0634. The van der Waals surface area contributed by atoms with Gasteiger partial charge in [0.1, 0.15) is 6.54 Å². The lowest BCUT2D eigenvalue weighted by Gasteiger charge is -2.16. The number of nitrogens with two attached hydrogens (primary N) is 1. The van der Waals surface area contributed by atoms with Gasteiger partial charge in [-0.25, -0.2) is 13.6 Å². The molecule has 0 radical (unpaired) electrons. The first-order chi connectivity index (χ1) is 7.88. The Hall–Kier alpha value is -1.60. The van der Waals surface area contributed by atoms with E-state index >= 15 is 0 Å². The van der Waals surface area contributed by atoms with Crippen LogP contribution in [0.15, 0.2) is 23.1 Å². The number of carboxylic acids is 1. The van der Waals surface area contributed by atoms with Crippen LogP contribution in [0, 0.1) is 0 Å². The zero-order chi connectivity index (χ0) is 12.6. The maximum Gasteiger partial charge on any atom is 0.323 e. The average molecular weight is 256 g/mol. The summed E-state index contributed by atoms with van der Waals surface area (Å²) in [5.41, 5.74) is 1.58. The molecule has 0 saturated heterocycles. The molecule has 0 fully saturated rings. The highest BCUT2D eigenvalue weighted by Crippen LogP contribution is 2.29. The van der Waals surface area contributed by atoms with Crippen LogP contribution in [-0.2, 0) is 21.2 Å². The van der Waals surface area contributed by atoms with E-state index in [1.54, 1.807) is 11.0 Å². The predicted molar refractivity (Wildman–Crippen MR) is 61.4 cm³/mol. The number of carbonyl (C=O) groups is 1. The number of hydrogen-bond acceptors (Lipinski definition) is 4. The lowest BCUT2D eigenvalue weighted by Crippen LogP contribution is -2.27. The quantitative estimate of drug-likeness (QED) is 0.778. The van der Waals surface area contributed by atoms with Gasteiger partial charge in [0, 0.05) is 12.2 Å². The van der Waals surface area contributed by atoms with Crippen LogP contribution >= 0.6 is 0 Å². The maximum atomic E-state index is 11.2. The molecule has 1 aliphatic rings. The number of benzene rings is 1. The third kappa shape index (κ3) is 2.40. The molecule has 0 aliphatic carbocycles. The second kappa shape index (κ2) is 4.01. The molecule has 0 bridgehead atoms. The van der Waals surface area contributed by atoms with Gasteiger partial charge in [0.25, 0.3) is 0 Å². The molecule has 0 aromatic heterocycles. The van der Waals surface area contributed by atoms with Crippen molar-refractivity contribution in [1.82, 2.24) is 0 Å². The van der Waals surface area contributed by atoms with Crippen LogP contribution in [0.3, 0.4) is 0 Å². The molecule has 1 aliphatic heterocycles. The van der Waals surface area contributed by atoms with Crippen molar-refractivity contribution in [3.63, 3.8) is 0 Å². The Labute approximate surface area is 98.7 Å². The van der Waals surface area contributed by atoms with E-state index in [2.05, 4.69) is 0 Å². The number of fused-ring (bicyclic) bond motifs is 1. The highest BCUT2D eigenvalue weighted by atomic mass is 32.2. The fourth-order valence-electron chi connectivity index (χ4n) is 1.95. The molecule has 1 heterocycles. The van der Waals surface area contributed by atoms with Crippen molar-refractivity contribution in [3.05, 3.63) is 23.8 Å². The first-order valence-corrected chi connectivity index (χ1v) is 6.55. The fourth-order valence-corrected chi connectivity index (χ4v) is 2.52. The molecule has 0 saturated carbocycles. The molecule has 7 heteroatoms. The van der Waals surface area contributed by atoms with Gasteiger partial charge in [0.15, 0.2) is 0 Å². The first-order valence-electron chi connectivity index (χ1n) is 5.00. The molecule has 0 unspecified atom stereocenters. The number of hydrogen-bond donors (Lipinski definition) is 2. The van der Waals surface area contributed by atoms with Crippen molar-refractivity contribution >= 4 is 21.7 Å². The Bertz CT molecular complexity index is 568. The Morgan fingerprint density at radius 2 is 2.18 bits per heavy atom. The standard InChI is InChI=1S/C10H12N2O4S/c11-17(15,16)8-1-2-9-7(5-8)3-4-12(9)6-10(13)14/h1-2,5H,3-4,6H2,(H,13,14)(H2,11,15,16). The summed E-state index contributed by atoms with van der Waals surface area (Å²) >= 11 is 0. The minimum Gasteiger partial charge on any atom is -0.480 e. The van der Waals surface area contributed by atoms with Gasteiger partial charge in [0.05, 0.1) is 4.90 Å². The number of aliphatic carboxylic acids is 1. The van der Waals surface area contributed by atoms with Crippen LogP contribution < -0.4 is 10.0 Å². The Morgan fingerprint density at radius 3 is 2.76 bits per heavy atom. The van der Waals surface area contributed by atoms with Crippen LogP contribution in [0.2, 0.25) is 0 Å². The molecule has 92 valence electrons. The van der Waals surface area contributed by atoms with Crippen molar-refractivity contribution in [2.24, 2.45) is 5.14 Å². The van der Waals surface area contributed by atoms with Crippen LogP contribution in [0.5, 0.6) is 0 Å². The molecule has 6 nitrogen and oxygen atoms in total. The number of sulfonamides is 1. The summed E-state index contributed by atoms with van der Waals surface area (Å²) in [7, 11) is -3.70. The van der Waals surface area contributed by atoms with E-state index < -0.39 is 16.0 Å². The number of anilines is 1. The molecule has 1 aromatic rings. The third-order valence-electron chi connectivity index (χ3n) is 2.70. The predicted octanol–water partition coefficient (Wildman–Crippen LogP) is -0.219. The molecule has 0 spiro atoms. The second-order valence-electron chi connectivity index (χ2n) is 3.90. The van der Waals surface area contributed by atoms with E-state index in [1.165, 1.54) is 12.1 Å². The summed E-state index contributed by atoms with van der Waals surface area (Å²) in [5.74, 6) is -0.909. The number of carboxylic acid groups (broad SMARTS) is 1. The Balaban J connectivity index is 2.35. The lowest BCUT2D eigenvalue weighted by molar-refractivity contribution is -0.135. The SMILES string of the molecule is NS(=O)(=O)c1ccc2c(c1)CCN2CC(=O)O. The molecule has 3 N–H and O–H groups in total. The fraction of sp³-hybridized carbons (Fsp3) is 0.300. The Kier molecular flexibility index (Phi) is 2.80. The largest absolute Gasteiger partial charge is 0.480 e. The monoisotopic (exact) mass is 256 g/mol. The summed E-state index contributed by atoms with van der Waals surface area (Å²) < 4.78 is 22.3. The molecule has 17 heavy (non-hydrogen) atoms. The molecule has 1 aromatic carbocycles. The van der Waals surface area contributed by atoms with Crippen LogP contribution in [0.25, 0.3) is 0 Å². The van der Waals surface area contributed by atoms with Crippen molar-refractivity contribution in [2.75, 3.05) is 18.0 Å². The third-order valence-corrected chi connectivity index (χ3v) is 3.61. The maximum absolute atomic E-state index is 11.2. The van der Waals surface area contributed by atoms with E-state index in [-0.39, 0.29) is 11.4 Å². The molecular weight excluding hydrogens is 244 g/mol. The number of rotatable bonds is 3. The van der Waals surface area contributed by atoms with E-state index in [0.29, 0.717) is 13.0 Å². The molecule has 0 amide bonds. The zero-order valence-electron chi connectivity index (χ0n) is 8.96. The van der Waals surface area contributed by atoms with Crippen LogP contribution in [0.1, 0.15) is 5.56 Å². The Morgan fingerprint density at radius 1 is 1.47 bits per heavy atom. The van der Waals surface area contributed by atoms with Gasteiger partial charge in [-0.1, -0.05) is 0 Å². The van der Waals surface area contributed by atoms with Gasteiger partial charge >= 0.3 is 5.97 Å². The lowest BCUT2D eigenvalue weighted by atomic mass is 10.2. The van der Waals surface area contributed by atoms with Crippen molar-refractivity contribution in [3.8, 4) is 0 Å². The molecular formula is C10H12N2O4S. The highest BCUT2D eigenvalue weighted by molar-refractivity contribution is 7.89. The summed E-state index contributed by atoms with van der Waals surface area (Å²) in [5, 5.41) is 13.8. The summed E-state index contributed by atoms with van der Waals surface area (Å²) in [4.78, 5) is 12.4. The summed E-state index contributed by atoms with van der Waals surface area (Å²) in [6.07, 6.45) is 0.631. The topological polar surface area (TPSA) is 101 Å². The average Bonchev–Trinajstić information content (AvgIpc) is 2.59. The smallest absolute Gasteiger partial charge is 0.323 e. The normalized spacial score (nSPS) is 14.8. The number of nitrogens with zero attached hydrogens (tertiary/aromatic N) is 1. The van der Waals surface area contributed by atoms with Gasteiger partial charge in [-0.3, -0.25) is 4.79 Å². The van der Waals surface area contributed by atoms with E-state index in [1.807, 2.05) is 0 Å². The molecule has 0 atom stereocenters. The van der Waals surface area contributed by atoms with Gasteiger partial charge in [-0.2, -0.15) is 0 Å². The van der Waals surface area contributed by atoms with Crippen molar-refractivity contribution in [2.45, 2.75) is 11.3 Å². The zero-order valence-corrected chi connectivity index (χ0v) is 9.77. The minimum atomic E-state index is -3.70. The van der Waals surface area contributed by atoms with Crippen LogP contribution in [0.4, 0.5) is 5.69 Å². The molecule has 2 rings (SSSR count). The van der Waals surface area contributed by atoms with E-state index in [0.717, 1.165) is 11.3 Å². The second-order valence-corrected chi connectivity index (χ2v) is 5.46. The van der Waals surface area contributed by atoms with Crippen molar-refractivity contribution < 1.29 is 18.3 Å². The summed E-state index contributed by atoms with van der Waals surface area (Å²) in [6.45, 7) is 0.497. The van der Waals surface area contributed by atoms with Gasteiger partial charge in [-0.15, -0.1) is 0 Å². The van der Waals surface area contributed by atoms with E-state index in [4.69, 9.17) is 10.2 Å². The highest BCUT2D eigenvalue weighted by Gasteiger charge is 2.22. The summed E-state index contributed by atoms with van der Waals surface area (Å²) in [6, 6.07) is 4.51. The number of primary sulfonamides is 1. The van der Waals surface area contributed by atoms with Crippen molar-refractivity contribution in [1.29, 1.82) is 0 Å². The van der Waals surface area contributed by atoms with E-state index in [9.17, 15) is 13.2 Å². The van der Waals surface area contributed by atoms with Gasteiger partial charge in [0.2, 0.25) is 10.0 Å².